The van der Waals surface area contributed by atoms with Crippen LogP contribution >= 0.6 is 0 Å². The van der Waals surface area contributed by atoms with E-state index >= 15 is 0 Å². The van der Waals surface area contributed by atoms with Crippen molar-refractivity contribution < 1.29 is 69.2 Å². The smallest absolute Gasteiger partial charge is 0.475 e. The Balaban J connectivity index is 0.000000325. The van der Waals surface area contributed by atoms with Gasteiger partial charge in [-0.2, -0.15) is 44.6 Å². The van der Waals surface area contributed by atoms with E-state index in [-0.39, 0.29) is 0 Å². The van der Waals surface area contributed by atoms with Gasteiger partial charge in [0, 0.05) is 42.8 Å². The number of rotatable bonds is 4. The molecule has 0 aromatic carbocycles. The number of halogens is 9. The lowest BCUT2D eigenvalue weighted by Gasteiger charge is -2.30. The van der Waals surface area contributed by atoms with E-state index in [0.717, 1.165) is 60.8 Å². The van der Waals surface area contributed by atoms with Crippen LogP contribution in [-0.4, -0.2) is 94.3 Å². The molecule has 49 heavy (non-hydrogen) atoms. The van der Waals surface area contributed by atoms with Gasteiger partial charge in [0.05, 0.1) is 5.69 Å². The van der Waals surface area contributed by atoms with Gasteiger partial charge >= 0.3 is 36.4 Å². The van der Waals surface area contributed by atoms with Gasteiger partial charge in [-0.25, -0.2) is 23.9 Å². The quantitative estimate of drug-likeness (QED) is 0.230. The van der Waals surface area contributed by atoms with Crippen molar-refractivity contribution >= 4 is 23.6 Å². The number of piperidine rings is 1. The van der Waals surface area contributed by atoms with Crippen LogP contribution in [0.3, 0.4) is 0 Å². The zero-order valence-corrected chi connectivity index (χ0v) is 24.6. The summed E-state index contributed by atoms with van der Waals surface area (Å²) in [5, 5.41) is 26.2. The summed E-state index contributed by atoms with van der Waals surface area (Å²) in [5.74, 6) is -6.89. The molecule has 1 aliphatic rings. The molecule has 0 radical (unpaired) electrons. The molecule has 0 amide bonds. The Labute approximate surface area is 269 Å². The molecule has 0 saturated carbocycles. The van der Waals surface area contributed by atoms with Crippen molar-refractivity contribution in [1.82, 2.24) is 29.5 Å². The topological polar surface area (TPSA) is 171 Å². The van der Waals surface area contributed by atoms with Gasteiger partial charge in [-0.05, 0) is 67.9 Å². The number of carboxylic acid groups (broad SMARTS) is 3. The van der Waals surface area contributed by atoms with Crippen molar-refractivity contribution in [3.05, 3.63) is 78.8 Å². The summed E-state index contributed by atoms with van der Waals surface area (Å²) in [7, 11) is 0. The van der Waals surface area contributed by atoms with Crippen molar-refractivity contribution in [3.63, 3.8) is 0 Å². The Morgan fingerprint density at radius 3 is 1.67 bits per heavy atom. The molecule has 12 nitrogen and oxygen atoms in total. The van der Waals surface area contributed by atoms with Gasteiger partial charge < -0.3 is 15.3 Å². The number of aliphatic carboxylic acids is 3. The third kappa shape index (κ3) is 13.7. The van der Waals surface area contributed by atoms with Crippen molar-refractivity contribution in [1.29, 1.82) is 0 Å². The molecule has 1 aliphatic heterocycles. The number of aromatic nitrogens is 5. The molecule has 266 valence electrons. The molecule has 0 spiro atoms. The summed E-state index contributed by atoms with van der Waals surface area (Å²) in [6.45, 7) is 3.03. The first-order valence-electron chi connectivity index (χ1n) is 13.5. The van der Waals surface area contributed by atoms with Gasteiger partial charge in [-0.15, -0.1) is 0 Å². The van der Waals surface area contributed by atoms with Gasteiger partial charge in [0.15, 0.2) is 11.5 Å². The van der Waals surface area contributed by atoms with Gasteiger partial charge in [-0.1, -0.05) is 6.07 Å². The Hall–Kier alpha value is -5.34. The Kier molecular flexibility index (Phi) is 14.0. The molecule has 4 aromatic heterocycles. The Morgan fingerprint density at radius 1 is 0.714 bits per heavy atom. The Bertz CT molecular complexity index is 1600. The second kappa shape index (κ2) is 17.2. The molecule has 0 unspecified atom stereocenters. The predicted octanol–water partition coefficient (Wildman–Crippen LogP) is 5.47. The minimum absolute atomic E-state index is 0.421. The van der Waals surface area contributed by atoms with Gasteiger partial charge in [0.1, 0.15) is 0 Å². The fraction of sp³-hybridized carbons (Fsp3) is 0.321. The molecule has 0 bridgehead atoms. The fourth-order valence-corrected chi connectivity index (χ4v) is 3.86. The maximum absolute atomic E-state index is 10.6. The summed E-state index contributed by atoms with van der Waals surface area (Å²) in [4.78, 5) is 42.5. The number of fused-ring (bicyclic) bond motifs is 1. The standard InChI is InChI=1S/C22H22N6.3C2HF3O2/c1-2-10-24-20(3-1)16-27-13-8-18(9-14-27)22-25-21-5-4-19(15-28(21)26-22)17-6-11-23-12-7-17;3*3-2(4,5)1(6)7/h1-7,10-12,15,18H,8-9,13-14,16H2;3*(H,6,7). The van der Waals surface area contributed by atoms with E-state index in [1.54, 1.807) is 0 Å². The summed E-state index contributed by atoms with van der Waals surface area (Å²) in [6, 6.07) is 14.3. The van der Waals surface area contributed by atoms with Crippen LogP contribution in [0.5, 0.6) is 0 Å². The highest BCUT2D eigenvalue weighted by molar-refractivity contribution is 5.73. The molecule has 5 heterocycles. The van der Waals surface area contributed by atoms with Crippen LogP contribution in [0.2, 0.25) is 0 Å². The van der Waals surface area contributed by atoms with Crippen LogP contribution in [-0.2, 0) is 20.9 Å². The van der Waals surface area contributed by atoms with Crippen molar-refractivity contribution in [2.75, 3.05) is 13.1 Å². The molecular weight excluding hydrogens is 687 g/mol. The SMILES string of the molecule is O=C(O)C(F)(F)F.O=C(O)C(F)(F)F.O=C(O)C(F)(F)F.c1ccc(CN2CCC(c3nc4ccc(-c5ccncc5)cn4n3)CC2)nc1. The predicted molar refractivity (Wildman–Crippen MR) is 149 cm³/mol. The molecule has 1 saturated heterocycles. The number of hydrogen-bond acceptors (Lipinski definition) is 8. The largest absolute Gasteiger partial charge is 0.490 e. The molecule has 0 atom stereocenters. The number of alkyl halides is 9. The first kappa shape index (κ1) is 39.8. The lowest BCUT2D eigenvalue weighted by atomic mass is 9.96. The molecule has 4 aromatic rings. The van der Waals surface area contributed by atoms with Gasteiger partial charge in [0.25, 0.3) is 0 Å². The van der Waals surface area contributed by atoms with Crippen LogP contribution in [0.4, 0.5) is 39.5 Å². The van der Waals surface area contributed by atoms with Gasteiger partial charge in [-0.3, -0.25) is 14.9 Å². The average Bonchev–Trinajstić information content (AvgIpc) is 3.46. The van der Waals surface area contributed by atoms with E-state index in [2.05, 4.69) is 39.3 Å². The first-order chi connectivity index (χ1) is 22.7. The van der Waals surface area contributed by atoms with Crippen LogP contribution in [0.1, 0.15) is 30.3 Å². The fourth-order valence-electron chi connectivity index (χ4n) is 3.86. The third-order valence-corrected chi connectivity index (χ3v) is 6.15. The normalized spacial score (nSPS) is 13.9. The van der Waals surface area contributed by atoms with E-state index < -0.39 is 36.4 Å². The number of pyridine rings is 3. The lowest BCUT2D eigenvalue weighted by Crippen LogP contribution is -2.33. The highest BCUT2D eigenvalue weighted by atomic mass is 19.4. The maximum Gasteiger partial charge on any atom is 0.490 e. The minimum Gasteiger partial charge on any atom is -0.475 e. The zero-order chi connectivity index (χ0) is 37.0. The lowest BCUT2D eigenvalue weighted by molar-refractivity contribution is -0.193. The van der Waals surface area contributed by atoms with Crippen molar-refractivity contribution in [3.8, 4) is 11.1 Å². The summed E-state index contributed by atoms with van der Waals surface area (Å²) in [6.07, 6.45) is -5.54. The summed E-state index contributed by atoms with van der Waals surface area (Å²) < 4.78 is 97.1. The van der Waals surface area contributed by atoms with E-state index in [1.807, 2.05) is 47.4 Å². The van der Waals surface area contributed by atoms with Crippen molar-refractivity contribution in [2.45, 2.75) is 43.8 Å². The van der Waals surface area contributed by atoms with Crippen LogP contribution in [0, 0.1) is 0 Å². The second-order valence-electron chi connectivity index (χ2n) is 9.71. The maximum atomic E-state index is 10.6. The molecular formula is C28H25F9N6O6. The Morgan fingerprint density at radius 2 is 1.22 bits per heavy atom. The summed E-state index contributed by atoms with van der Waals surface area (Å²) >= 11 is 0. The third-order valence-electron chi connectivity index (χ3n) is 6.15. The van der Waals surface area contributed by atoms with Crippen LogP contribution < -0.4 is 0 Å². The number of hydrogen-bond donors (Lipinski definition) is 3. The van der Waals surface area contributed by atoms with Crippen LogP contribution in [0.25, 0.3) is 16.8 Å². The monoisotopic (exact) mass is 712 g/mol. The van der Waals surface area contributed by atoms with Crippen molar-refractivity contribution in [2.24, 2.45) is 0 Å². The number of likely N-dealkylation sites (tertiary alicyclic amines) is 1. The average molecular weight is 713 g/mol. The first-order valence-corrected chi connectivity index (χ1v) is 13.5. The highest BCUT2D eigenvalue weighted by Crippen LogP contribution is 2.27. The van der Waals surface area contributed by atoms with E-state index in [4.69, 9.17) is 39.8 Å². The molecule has 1 fully saturated rings. The zero-order valence-electron chi connectivity index (χ0n) is 24.6. The van der Waals surface area contributed by atoms with E-state index in [9.17, 15) is 39.5 Å². The van der Waals surface area contributed by atoms with Gasteiger partial charge in [0.2, 0.25) is 0 Å². The molecule has 5 rings (SSSR count). The molecule has 21 heteroatoms. The summed E-state index contributed by atoms with van der Waals surface area (Å²) in [5.41, 5.74) is 4.30. The van der Waals surface area contributed by atoms with Crippen LogP contribution in [0.15, 0.2) is 67.3 Å². The molecule has 3 N–H and O–H groups in total. The van der Waals surface area contributed by atoms with E-state index in [1.165, 1.54) is 0 Å². The molecule has 0 aliphatic carbocycles. The number of carbonyl (C=O) groups is 3. The number of nitrogens with zero attached hydrogens (tertiary/aromatic N) is 6. The second-order valence-corrected chi connectivity index (χ2v) is 9.71. The number of carboxylic acids is 3. The minimum atomic E-state index is -5.08. The highest BCUT2D eigenvalue weighted by Gasteiger charge is 2.39. The van der Waals surface area contributed by atoms with E-state index in [0.29, 0.717) is 5.92 Å².